The maximum absolute atomic E-state index is 2.38. The van der Waals surface area contributed by atoms with Crippen molar-refractivity contribution in [3.63, 3.8) is 0 Å². The van der Waals surface area contributed by atoms with E-state index in [0.29, 0.717) is 0 Å². The van der Waals surface area contributed by atoms with Crippen molar-refractivity contribution in [1.82, 2.24) is 0 Å². The zero-order valence-corrected chi connectivity index (χ0v) is 10.5. The van der Waals surface area contributed by atoms with E-state index in [1.165, 1.54) is 47.7 Å². The molecule has 0 atom stereocenters. The van der Waals surface area contributed by atoms with Gasteiger partial charge in [-0.15, -0.1) is 0 Å². The van der Waals surface area contributed by atoms with E-state index in [1.807, 2.05) is 11.8 Å². The average Bonchev–Trinajstić information content (AvgIpc) is 2.69. The van der Waals surface area contributed by atoms with Crippen LogP contribution in [0.15, 0.2) is 39.8 Å². The Bertz CT molecular complexity index is 428. The lowest BCUT2D eigenvalue weighted by molar-refractivity contribution is 0.595. The number of rotatable bonds is 0. The van der Waals surface area contributed by atoms with Crippen molar-refractivity contribution < 1.29 is 0 Å². The third-order valence-corrected chi connectivity index (χ3v) is 4.82. The molecule has 1 saturated carbocycles. The van der Waals surface area contributed by atoms with E-state index in [2.05, 4.69) is 36.2 Å². The Morgan fingerprint density at radius 2 is 1.81 bits per heavy atom. The topological polar surface area (TPSA) is 3.24 Å². The summed E-state index contributed by atoms with van der Waals surface area (Å²) in [5, 5.41) is 1.50. The van der Waals surface area contributed by atoms with Crippen LogP contribution in [-0.2, 0) is 0 Å². The number of para-hydroxylation sites is 1. The van der Waals surface area contributed by atoms with Gasteiger partial charge >= 0.3 is 0 Å². The molecule has 1 aromatic carbocycles. The number of nitrogens with zero attached hydrogens (tertiary/aromatic N) is 1. The molecule has 1 aliphatic heterocycles. The van der Waals surface area contributed by atoms with Crippen LogP contribution in [-0.4, -0.2) is 7.05 Å². The van der Waals surface area contributed by atoms with Gasteiger partial charge in [0.15, 0.2) is 0 Å². The van der Waals surface area contributed by atoms with Crippen LogP contribution in [0.5, 0.6) is 0 Å². The second-order valence-electron chi connectivity index (χ2n) is 4.60. The normalized spacial score (nSPS) is 20.2. The number of thioether (sulfide) groups is 1. The standard InChI is InChI=1S/C14H17NS/c1-15-12-9-5-6-10-13(12)16-14(15)11-7-3-2-4-8-11/h5-6,9-10H,2-4,7-8H2,1H3. The van der Waals surface area contributed by atoms with Crippen molar-refractivity contribution in [3.8, 4) is 0 Å². The van der Waals surface area contributed by atoms with Crippen LogP contribution in [0, 0.1) is 0 Å². The zero-order chi connectivity index (χ0) is 11.0. The van der Waals surface area contributed by atoms with Gasteiger partial charge in [-0.25, -0.2) is 0 Å². The van der Waals surface area contributed by atoms with Gasteiger partial charge < -0.3 is 4.90 Å². The van der Waals surface area contributed by atoms with Crippen LogP contribution in [0.4, 0.5) is 5.69 Å². The van der Waals surface area contributed by atoms with Gasteiger partial charge in [-0.05, 0) is 43.4 Å². The predicted octanol–water partition coefficient (Wildman–Crippen LogP) is 4.40. The van der Waals surface area contributed by atoms with Crippen LogP contribution in [0.2, 0.25) is 0 Å². The lowest BCUT2D eigenvalue weighted by atomic mass is 9.95. The fourth-order valence-corrected chi connectivity index (χ4v) is 3.85. The van der Waals surface area contributed by atoms with E-state index in [1.54, 1.807) is 5.57 Å². The fraction of sp³-hybridized carbons (Fsp3) is 0.429. The average molecular weight is 231 g/mol. The molecule has 0 unspecified atom stereocenters. The Balaban J connectivity index is 1.96. The smallest absolute Gasteiger partial charge is 0.0790 e. The first-order valence-electron chi connectivity index (χ1n) is 6.09. The predicted molar refractivity (Wildman–Crippen MR) is 70.8 cm³/mol. The molecule has 0 N–H and O–H groups in total. The molecule has 3 rings (SSSR count). The van der Waals surface area contributed by atoms with E-state index in [-0.39, 0.29) is 0 Å². The Morgan fingerprint density at radius 3 is 2.56 bits per heavy atom. The molecule has 1 aliphatic carbocycles. The highest BCUT2D eigenvalue weighted by molar-refractivity contribution is 8.03. The second kappa shape index (κ2) is 4.17. The summed E-state index contributed by atoms with van der Waals surface area (Å²) in [7, 11) is 2.20. The van der Waals surface area contributed by atoms with Crippen LogP contribution < -0.4 is 4.90 Å². The lowest BCUT2D eigenvalue weighted by Crippen LogP contribution is -2.13. The molecule has 1 heterocycles. The molecule has 2 aliphatic rings. The van der Waals surface area contributed by atoms with Crippen molar-refractivity contribution in [1.29, 1.82) is 0 Å². The van der Waals surface area contributed by atoms with Crippen LogP contribution >= 0.6 is 11.8 Å². The molecule has 0 bridgehead atoms. The second-order valence-corrected chi connectivity index (χ2v) is 5.63. The molecule has 0 spiro atoms. The minimum absolute atomic E-state index is 1.31. The molecule has 0 radical (unpaired) electrons. The monoisotopic (exact) mass is 231 g/mol. The largest absolute Gasteiger partial charge is 0.338 e. The number of anilines is 1. The third kappa shape index (κ3) is 1.65. The molecule has 0 aromatic heterocycles. The first kappa shape index (κ1) is 10.3. The van der Waals surface area contributed by atoms with Crippen molar-refractivity contribution in [2.24, 2.45) is 0 Å². The Kier molecular flexibility index (Phi) is 2.68. The summed E-state index contributed by atoms with van der Waals surface area (Å²) in [4.78, 5) is 3.79. The molecule has 2 heteroatoms. The Morgan fingerprint density at radius 1 is 1.06 bits per heavy atom. The molecule has 1 aromatic rings. The molecule has 1 nitrogen and oxygen atoms in total. The molecule has 84 valence electrons. The van der Waals surface area contributed by atoms with Gasteiger partial charge in [0.2, 0.25) is 0 Å². The minimum atomic E-state index is 1.31. The van der Waals surface area contributed by atoms with Crippen LogP contribution in [0.3, 0.4) is 0 Å². The highest BCUT2D eigenvalue weighted by Gasteiger charge is 2.24. The summed E-state index contributed by atoms with van der Waals surface area (Å²) in [5.74, 6) is 0. The van der Waals surface area contributed by atoms with E-state index in [0.717, 1.165) is 0 Å². The number of fused-ring (bicyclic) bond motifs is 1. The first-order valence-corrected chi connectivity index (χ1v) is 6.90. The number of hydrogen-bond acceptors (Lipinski definition) is 2. The molecule has 0 amide bonds. The highest BCUT2D eigenvalue weighted by atomic mass is 32.2. The highest BCUT2D eigenvalue weighted by Crippen LogP contribution is 2.47. The van der Waals surface area contributed by atoms with Gasteiger partial charge in [-0.2, -0.15) is 0 Å². The van der Waals surface area contributed by atoms with Crippen molar-refractivity contribution >= 4 is 17.4 Å². The maximum Gasteiger partial charge on any atom is 0.0790 e. The molecule has 1 fully saturated rings. The SMILES string of the molecule is CN1C(=C2CCCCC2)Sc2ccccc21. The number of hydrogen-bond donors (Lipinski definition) is 0. The Labute approximate surface area is 102 Å². The van der Waals surface area contributed by atoms with Crippen molar-refractivity contribution in [2.75, 3.05) is 11.9 Å². The van der Waals surface area contributed by atoms with Crippen molar-refractivity contribution in [2.45, 2.75) is 37.0 Å². The van der Waals surface area contributed by atoms with Crippen LogP contribution in [0.25, 0.3) is 0 Å². The molecular formula is C14H17NS. The molecule has 16 heavy (non-hydrogen) atoms. The quantitative estimate of drug-likeness (QED) is 0.651. The van der Waals surface area contributed by atoms with E-state index in [4.69, 9.17) is 0 Å². The van der Waals surface area contributed by atoms with Gasteiger partial charge in [-0.3, -0.25) is 0 Å². The van der Waals surface area contributed by atoms with Gasteiger partial charge in [0.1, 0.15) is 0 Å². The molecule has 0 saturated heterocycles. The molecular weight excluding hydrogens is 214 g/mol. The summed E-state index contributed by atoms with van der Waals surface area (Å²) in [6.07, 6.45) is 6.78. The lowest BCUT2D eigenvalue weighted by Gasteiger charge is -2.21. The summed E-state index contributed by atoms with van der Waals surface area (Å²) in [6.45, 7) is 0. The number of allylic oxidation sites excluding steroid dienone is 1. The van der Waals surface area contributed by atoms with Gasteiger partial charge in [0.25, 0.3) is 0 Å². The summed E-state index contributed by atoms with van der Waals surface area (Å²) < 4.78 is 0. The summed E-state index contributed by atoms with van der Waals surface area (Å²) >= 11 is 1.96. The maximum atomic E-state index is 2.38. The number of benzene rings is 1. The van der Waals surface area contributed by atoms with E-state index < -0.39 is 0 Å². The zero-order valence-electron chi connectivity index (χ0n) is 9.70. The van der Waals surface area contributed by atoms with E-state index in [9.17, 15) is 0 Å². The van der Waals surface area contributed by atoms with Gasteiger partial charge in [-0.1, -0.05) is 30.3 Å². The van der Waals surface area contributed by atoms with Crippen molar-refractivity contribution in [3.05, 3.63) is 34.9 Å². The Hall–Kier alpha value is -0.890. The first-order chi connectivity index (χ1) is 7.86. The van der Waals surface area contributed by atoms with Gasteiger partial charge in [0, 0.05) is 11.9 Å². The summed E-state index contributed by atoms with van der Waals surface area (Å²) in [5.41, 5.74) is 3.05. The minimum Gasteiger partial charge on any atom is -0.338 e. The fourth-order valence-electron chi connectivity index (χ4n) is 2.60. The van der Waals surface area contributed by atoms with Crippen LogP contribution in [0.1, 0.15) is 32.1 Å². The van der Waals surface area contributed by atoms with E-state index >= 15 is 0 Å². The third-order valence-electron chi connectivity index (χ3n) is 3.50. The van der Waals surface area contributed by atoms with Gasteiger partial charge in [0.05, 0.1) is 10.7 Å². The summed E-state index contributed by atoms with van der Waals surface area (Å²) in [6, 6.07) is 8.71.